The molecule has 166 valence electrons. The Labute approximate surface area is 192 Å². The van der Waals surface area contributed by atoms with Crippen molar-refractivity contribution in [2.75, 3.05) is 36.4 Å². The average Bonchev–Trinajstić information content (AvgIpc) is 3.45. The van der Waals surface area contributed by atoms with Gasteiger partial charge in [-0.3, -0.25) is 9.59 Å². The van der Waals surface area contributed by atoms with E-state index in [1.165, 1.54) is 9.71 Å². The van der Waals surface area contributed by atoms with E-state index in [0.29, 0.717) is 18.8 Å². The van der Waals surface area contributed by atoms with E-state index in [1.807, 2.05) is 46.6 Å². The Morgan fingerprint density at radius 3 is 2.56 bits per heavy atom. The molecular weight excluding hydrogens is 420 g/mol. The Bertz CT molecular complexity index is 1070. The van der Waals surface area contributed by atoms with Gasteiger partial charge in [0.2, 0.25) is 11.8 Å². The highest BCUT2D eigenvalue weighted by atomic mass is 32.1. The first-order valence-electron chi connectivity index (χ1n) is 11.4. The summed E-state index contributed by atoms with van der Waals surface area (Å²) in [5.41, 5.74) is 2.79. The van der Waals surface area contributed by atoms with Crippen LogP contribution in [0, 0.1) is 0 Å². The number of nitrogens with zero attached hydrogens (tertiary/aromatic N) is 3. The Morgan fingerprint density at radius 2 is 1.84 bits per heavy atom. The molecule has 2 saturated heterocycles. The zero-order chi connectivity index (χ0) is 21.9. The molecule has 3 heterocycles. The first-order valence-corrected chi connectivity index (χ1v) is 12.3. The summed E-state index contributed by atoms with van der Waals surface area (Å²) < 4.78 is 1.27. The van der Waals surface area contributed by atoms with Crippen LogP contribution >= 0.6 is 11.3 Å². The molecule has 0 bridgehead atoms. The van der Waals surface area contributed by atoms with E-state index in [2.05, 4.69) is 28.4 Å². The highest BCUT2D eigenvalue weighted by Gasteiger charge is 2.24. The number of amides is 2. The number of nitrogens with one attached hydrogen (secondary N) is 1. The van der Waals surface area contributed by atoms with Gasteiger partial charge in [-0.25, -0.2) is 4.98 Å². The monoisotopic (exact) mass is 448 g/mol. The van der Waals surface area contributed by atoms with Gasteiger partial charge in [-0.1, -0.05) is 12.1 Å². The average molecular weight is 449 g/mol. The van der Waals surface area contributed by atoms with E-state index >= 15 is 0 Å². The maximum absolute atomic E-state index is 12.4. The summed E-state index contributed by atoms with van der Waals surface area (Å²) in [7, 11) is 0. The molecule has 2 aliphatic rings. The van der Waals surface area contributed by atoms with E-state index in [0.717, 1.165) is 62.3 Å². The van der Waals surface area contributed by atoms with Crippen LogP contribution in [0.2, 0.25) is 0 Å². The smallest absolute Gasteiger partial charge is 0.227 e. The quantitative estimate of drug-likeness (QED) is 0.597. The molecule has 7 heteroatoms. The second-order valence-electron chi connectivity index (χ2n) is 8.63. The minimum absolute atomic E-state index is 0.0308. The van der Waals surface area contributed by atoms with Crippen molar-refractivity contribution in [2.24, 2.45) is 0 Å². The van der Waals surface area contributed by atoms with Gasteiger partial charge in [-0.15, -0.1) is 11.3 Å². The lowest BCUT2D eigenvalue weighted by atomic mass is 9.97. The molecule has 32 heavy (non-hydrogen) atoms. The molecular formula is C25H28N4O2S. The van der Waals surface area contributed by atoms with Crippen molar-refractivity contribution in [3.63, 3.8) is 0 Å². The Balaban J connectivity index is 1.07. The standard InChI is InChI=1S/C25H28N4O2S/c30-23(26-19-7-9-20(10-8-19)29-14-3-6-24(29)31)13-17-28-15-11-18(12-16-28)25-27-21-4-1-2-5-22(21)32-25/h1-2,4-5,7-10,18H,3,6,11-17H2,(H,26,30). The molecule has 1 N–H and O–H groups in total. The number of anilines is 2. The van der Waals surface area contributed by atoms with Crippen molar-refractivity contribution >= 4 is 44.7 Å². The number of hydrogen-bond donors (Lipinski definition) is 1. The molecule has 0 unspecified atom stereocenters. The van der Waals surface area contributed by atoms with Crippen LogP contribution in [0.4, 0.5) is 11.4 Å². The van der Waals surface area contributed by atoms with Crippen molar-refractivity contribution in [3.05, 3.63) is 53.5 Å². The molecule has 2 aromatic carbocycles. The van der Waals surface area contributed by atoms with Crippen LogP contribution in [-0.2, 0) is 9.59 Å². The number of aromatic nitrogens is 1. The van der Waals surface area contributed by atoms with Crippen molar-refractivity contribution in [1.82, 2.24) is 9.88 Å². The molecule has 5 rings (SSSR count). The van der Waals surface area contributed by atoms with Crippen LogP contribution in [0.15, 0.2) is 48.5 Å². The number of carbonyl (C=O) groups is 2. The predicted molar refractivity (Wildman–Crippen MR) is 129 cm³/mol. The van der Waals surface area contributed by atoms with E-state index < -0.39 is 0 Å². The molecule has 6 nitrogen and oxygen atoms in total. The summed E-state index contributed by atoms with van der Waals surface area (Å²) in [4.78, 5) is 33.3. The lowest BCUT2D eigenvalue weighted by Gasteiger charge is -2.30. The normalized spacial score (nSPS) is 17.9. The molecule has 1 aromatic heterocycles. The highest BCUT2D eigenvalue weighted by molar-refractivity contribution is 7.18. The van der Waals surface area contributed by atoms with E-state index in [4.69, 9.17) is 4.98 Å². The molecule has 0 radical (unpaired) electrons. The summed E-state index contributed by atoms with van der Waals surface area (Å²) >= 11 is 1.82. The minimum atomic E-state index is 0.0308. The zero-order valence-electron chi connectivity index (χ0n) is 18.1. The van der Waals surface area contributed by atoms with E-state index in [-0.39, 0.29) is 11.8 Å². The third kappa shape index (κ3) is 4.69. The van der Waals surface area contributed by atoms with Gasteiger partial charge in [0.05, 0.1) is 15.2 Å². The molecule has 0 aliphatic carbocycles. The zero-order valence-corrected chi connectivity index (χ0v) is 18.9. The number of para-hydroxylation sites is 1. The van der Waals surface area contributed by atoms with Crippen molar-refractivity contribution in [1.29, 1.82) is 0 Å². The summed E-state index contributed by atoms with van der Waals surface area (Å²) in [6.07, 6.45) is 4.21. The van der Waals surface area contributed by atoms with Gasteiger partial charge in [0.1, 0.15) is 0 Å². The topological polar surface area (TPSA) is 65.5 Å². The second kappa shape index (κ2) is 9.38. The summed E-state index contributed by atoms with van der Waals surface area (Å²) in [5.74, 6) is 0.732. The first-order chi connectivity index (χ1) is 15.7. The van der Waals surface area contributed by atoms with Crippen LogP contribution in [-0.4, -0.2) is 47.9 Å². The third-order valence-corrected chi connectivity index (χ3v) is 7.64. The number of thiazole rings is 1. The van der Waals surface area contributed by atoms with E-state index in [1.54, 1.807) is 0 Å². The number of rotatable bonds is 6. The largest absolute Gasteiger partial charge is 0.326 e. The Morgan fingerprint density at radius 1 is 1.06 bits per heavy atom. The maximum atomic E-state index is 12.4. The van der Waals surface area contributed by atoms with E-state index in [9.17, 15) is 9.59 Å². The van der Waals surface area contributed by atoms with Crippen LogP contribution < -0.4 is 10.2 Å². The highest BCUT2D eigenvalue weighted by Crippen LogP contribution is 2.33. The van der Waals surface area contributed by atoms with Gasteiger partial charge < -0.3 is 15.1 Å². The van der Waals surface area contributed by atoms with Gasteiger partial charge in [-0.05, 0) is 68.8 Å². The van der Waals surface area contributed by atoms with Crippen LogP contribution in [0.3, 0.4) is 0 Å². The van der Waals surface area contributed by atoms with Crippen LogP contribution in [0.5, 0.6) is 0 Å². The van der Waals surface area contributed by atoms with Gasteiger partial charge in [0.25, 0.3) is 0 Å². The molecule has 0 spiro atoms. The Hall–Kier alpha value is -2.77. The lowest BCUT2D eigenvalue weighted by Crippen LogP contribution is -2.35. The van der Waals surface area contributed by atoms with Crippen LogP contribution in [0.1, 0.15) is 43.0 Å². The predicted octanol–water partition coefficient (Wildman–Crippen LogP) is 4.63. The third-order valence-electron chi connectivity index (χ3n) is 6.44. The van der Waals surface area contributed by atoms with Crippen LogP contribution in [0.25, 0.3) is 10.2 Å². The Kier molecular flexibility index (Phi) is 6.19. The van der Waals surface area contributed by atoms with Crippen molar-refractivity contribution in [3.8, 4) is 0 Å². The first kappa shape index (κ1) is 21.1. The fraction of sp³-hybridized carbons (Fsp3) is 0.400. The molecule has 3 aromatic rings. The summed E-state index contributed by atoms with van der Waals surface area (Å²) in [6, 6.07) is 15.9. The molecule has 0 saturated carbocycles. The minimum Gasteiger partial charge on any atom is -0.326 e. The lowest BCUT2D eigenvalue weighted by molar-refractivity contribution is -0.117. The fourth-order valence-corrected chi connectivity index (χ4v) is 5.73. The number of hydrogen-bond acceptors (Lipinski definition) is 5. The number of piperidine rings is 1. The van der Waals surface area contributed by atoms with Crippen molar-refractivity contribution < 1.29 is 9.59 Å². The van der Waals surface area contributed by atoms with Gasteiger partial charge in [0.15, 0.2) is 0 Å². The number of carbonyl (C=O) groups excluding carboxylic acids is 2. The molecule has 2 amide bonds. The molecule has 2 aliphatic heterocycles. The van der Waals surface area contributed by atoms with Gasteiger partial charge >= 0.3 is 0 Å². The molecule has 0 atom stereocenters. The second-order valence-corrected chi connectivity index (χ2v) is 9.69. The number of fused-ring (bicyclic) bond motifs is 1. The van der Waals surface area contributed by atoms with Gasteiger partial charge in [0, 0.05) is 43.2 Å². The maximum Gasteiger partial charge on any atom is 0.227 e. The summed E-state index contributed by atoms with van der Waals surface area (Å²) in [6.45, 7) is 3.57. The number of benzene rings is 2. The summed E-state index contributed by atoms with van der Waals surface area (Å²) in [5, 5.41) is 4.24. The number of likely N-dealkylation sites (tertiary alicyclic amines) is 1. The van der Waals surface area contributed by atoms with Gasteiger partial charge in [-0.2, -0.15) is 0 Å². The van der Waals surface area contributed by atoms with Crippen molar-refractivity contribution in [2.45, 2.75) is 38.0 Å². The SMILES string of the molecule is O=C(CCN1CCC(c2nc3ccccc3s2)CC1)Nc1ccc(N2CCCC2=O)cc1. The molecule has 2 fully saturated rings. The fourth-order valence-electron chi connectivity index (χ4n) is 4.60.